The number of nitrogens with zero attached hydrogens (tertiary/aromatic N) is 4. The molecule has 1 saturated heterocycles. The predicted molar refractivity (Wildman–Crippen MR) is 56.5 cm³/mol. The highest BCUT2D eigenvalue weighted by Crippen LogP contribution is 2.16. The fourth-order valence-electron chi connectivity index (χ4n) is 2.06. The Morgan fingerprint density at radius 1 is 1.50 bits per heavy atom. The van der Waals surface area contributed by atoms with Crippen LogP contribution in [-0.2, 0) is 11.3 Å². The number of hydrogen-bond donors (Lipinski definition) is 1. The molecule has 0 bridgehead atoms. The Balaban J connectivity index is 1.97. The molecule has 6 nitrogen and oxygen atoms in total. The summed E-state index contributed by atoms with van der Waals surface area (Å²) in [7, 11) is 0. The summed E-state index contributed by atoms with van der Waals surface area (Å²) < 4.78 is 1.51. The van der Waals surface area contributed by atoms with E-state index in [2.05, 4.69) is 10.1 Å². The van der Waals surface area contributed by atoms with Crippen LogP contribution in [0.2, 0.25) is 0 Å². The van der Waals surface area contributed by atoms with Crippen LogP contribution in [0.15, 0.2) is 12.7 Å². The smallest absolute Gasteiger partial charge is 0.244 e. The topological polar surface area (TPSA) is 71.2 Å². The number of aliphatic hydroxyl groups is 1. The highest BCUT2D eigenvalue weighted by atomic mass is 16.3. The normalized spacial score (nSPS) is 21.1. The van der Waals surface area contributed by atoms with E-state index in [0.29, 0.717) is 0 Å². The van der Waals surface area contributed by atoms with E-state index in [4.69, 9.17) is 0 Å². The molecule has 1 fully saturated rings. The zero-order chi connectivity index (χ0) is 11.4. The minimum atomic E-state index is -0.0234. The number of amides is 1. The molecule has 0 aliphatic carbocycles. The summed E-state index contributed by atoms with van der Waals surface area (Å²) in [5.41, 5.74) is 0. The van der Waals surface area contributed by atoms with Gasteiger partial charge < -0.3 is 10.0 Å². The van der Waals surface area contributed by atoms with Crippen molar-refractivity contribution in [3.63, 3.8) is 0 Å². The van der Waals surface area contributed by atoms with Crippen LogP contribution in [0.25, 0.3) is 0 Å². The van der Waals surface area contributed by atoms with Crippen LogP contribution in [0, 0.1) is 0 Å². The fourth-order valence-corrected chi connectivity index (χ4v) is 2.06. The van der Waals surface area contributed by atoms with E-state index in [0.717, 1.165) is 25.8 Å². The van der Waals surface area contributed by atoms with Crippen molar-refractivity contribution >= 4 is 5.91 Å². The predicted octanol–water partition coefficient (Wildman–Crippen LogP) is -0.349. The summed E-state index contributed by atoms with van der Waals surface area (Å²) in [6.45, 7) is 0.984. The van der Waals surface area contributed by atoms with E-state index >= 15 is 0 Å². The van der Waals surface area contributed by atoms with Crippen molar-refractivity contribution in [1.82, 2.24) is 19.7 Å². The number of carbonyl (C=O) groups excluding carboxylic acids is 1. The minimum Gasteiger partial charge on any atom is -0.394 e. The van der Waals surface area contributed by atoms with Crippen molar-refractivity contribution in [2.75, 3.05) is 13.2 Å². The van der Waals surface area contributed by atoms with Crippen molar-refractivity contribution in [2.45, 2.75) is 31.8 Å². The Morgan fingerprint density at radius 3 is 3.06 bits per heavy atom. The van der Waals surface area contributed by atoms with Crippen LogP contribution in [0.4, 0.5) is 0 Å². The highest BCUT2D eigenvalue weighted by Gasteiger charge is 2.25. The van der Waals surface area contributed by atoms with Gasteiger partial charge in [-0.15, -0.1) is 0 Å². The summed E-state index contributed by atoms with van der Waals surface area (Å²) in [5, 5.41) is 13.1. The molecular weight excluding hydrogens is 208 g/mol. The molecule has 16 heavy (non-hydrogen) atoms. The molecule has 0 saturated carbocycles. The van der Waals surface area contributed by atoms with E-state index < -0.39 is 0 Å². The van der Waals surface area contributed by atoms with E-state index in [-0.39, 0.29) is 25.1 Å². The molecule has 2 heterocycles. The average molecular weight is 224 g/mol. The lowest BCUT2D eigenvalue weighted by molar-refractivity contribution is -0.136. The molecule has 1 N–H and O–H groups in total. The average Bonchev–Trinajstić information content (AvgIpc) is 2.81. The van der Waals surface area contributed by atoms with Gasteiger partial charge in [-0.1, -0.05) is 0 Å². The van der Waals surface area contributed by atoms with Gasteiger partial charge in [0.2, 0.25) is 5.91 Å². The van der Waals surface area contributed by atoms with Gasteiger partial charge in [0.25, 0.3) is 0 Å². The first-order valence-corrected chi connectivity index (χ1v) is 5.54. The van der Waals surface area contributed by atoms with Crippen LogP contribution < -0.4 is 0 Å². The lowest BCUT2D eigenvalue weighted by atomic mass is 10.0. The number of carbonyl (C=O) groups is 1. The van der Waals surface area contributed by atoms with Gasteiger partial charge in [0, 0.05) is 6.54 Å². The number of aliphatic hydroxyl groups excluding tert-OH is 1. The largest absolute Gasteiger partial charge is 0.394 e. The molecule has 1 unspecified atom stereocenters. The van der Waals surface area contributed by atoms with Gasteiger partial charge in [-0.2, -0.15) is 5.10 Å². The summed E-state index contributed by atoms with van der Waals surface area (Å²) in [4.78, 5) is 17.5. The maximum Gasteiger partial charge on any atom is 0.244 e. The quantitative estimate of drug-likeness (QED) is 0.762. The fraction of sp³-hybridized carbons (Fsp3) is 0.700. The number of likely N-dealkylation sites (tertiary alicyclic amines) is 1. The molecule has 0 aromatic carbocycles. The maximum atomic E-state index is 12.0. The lowest BCUT2D eigenvalue weighted by Crippen LogP contribution is -2.46. The molecule has 1 amide bonds. The zero-order valence-corrected chi connectivity index (χ0v) is 9.12. The van der Waals surface area contributed by atoms with Crippen LogP contribution >= 0.6 is 0 Å². The first-order chi connectivity index (χ1) is 7.81. The molecule has 1 aliphatic rings. The summed E-state index contributed by atoms with van der Waals surface area (Å²) in [6, 6.07) is -0.0234. The molecule has 1 aromatic rings. The summed E-state index contributed by atoms with van der Waals surface area (Å²) in [6.07, 6.45) is 5.92. The molecule has 1 atom stereocenters. The molecule has 6 heteroatoms. The van der Waals surface area contributed by atoms with Gasteiger partial charge in [-0.05, 0) is 19.3 Å². The first-order valence-electron chi connectivity index (χ1n) is 5.54. The molecular formula is C10H16N4O2. The molecule has 2 rings (SSSR count). The molecule has 88 valence electrons. The highest BCUT2D eigenvalue weighted by molar-refractivity contribution is 5.76. The second-order valence-electron chi connectivity index (χ2n) is 4.01. The van der Waals surface area contributed by atoms with Gasteiger partial charge in [-0.3, -0.25) is 4.79 Å². The van der Waals surface area contributed by atoms with E-state index in [1.54, 1.807) is 4.90 Å². The third kappa shape index (κ3) is 2.38. The van der Waals surface area contributed by atoms with Crippen LogP contribution in [0.5, 0.6) is 0 Å². The second kappa shape index (κ2) is 5.07. The monoisotopic (exact) mass is 224 g/mol. The van der Waals surface area contributed by atoms with Crippen LogP contribution in [0.1, 0.15) is 19.3 Å². The van der Waals surface area contributed by atoms with E-state index in [1.165, 1.54) is 17.3 Å². The molecule has 1 aliphatic heterocycles. The standard InChI is InChI=1S/C10H16N4O2/c15-6-9-3-1-2-4-14(9)10(16)5-13-8-11-7-12-13/h7-9,15H,1-6H2. The third-order valence-electron chi connectivity index (χ3n) is 2.92. The first kappa shape index (κ1) is 11.1. The van der Waals surface area contributed by atoms with Gasteiger partial charge in [-0.25, -0.2) is 9.67 Å². The summed E-state index contributed by atoms with van der Waals surface area (Å²) in [5.74, 6) is 0.00394. The minimum absolute atomic E-state index is 0.00394. The molecule has 0 radical (unpaired) electrons. The SMILES string of the molecule is O=C(Cn1cncn1)N1CCCCC1CO. The molecule has 0 spiro atoms. The van der Waals surface area contributed by atoms with Crippen molar-refractivity contribution in [3.8, 4) is 0 Å². The third-order valence-corrected chi connectivity index (χ3v) is 2.92. The van der Waals surface area contributed by atoms with Crippen LogP contribution in [-0.4, -0.2) is 49.9 Å². The molecule has 1 aromatic heterocycles. The van der Waals surface area contributed by atoms with Gasteiger partial charge in [0.1, 0.15) is 19.2 Å². The van der Waals surface area contributed by atoms with Gasteiger partial charge >= 0.3 is 0 Å². The van der Waals surface area contributed by atoms with Gasteiger partial charge in [0.15, 0.2) is 0 Å². The van der Waals surface area contributed by atoms with Crippen molar-refractivity contribution in [2.24, 2.45) is 0 Å². The Bertz CT molecular complexity index is 339. The van der Waals surface area contributed by atoms with Crippen molar-refractivity contribution in [3.05, 3.63) is 12.7 Å². The number of aromatic nitrogens is 3. The Morgan fingerprint density at radius 2 is 2.38 bits per heavy atom. The van der Waals surface area contributed by atoms with Gasteiger partial charge in [0.05, 0.1) is 12.6 Å². The second-order valence-corrected chi connectivity index (χ2v) is 4.01. The lowest BCUT2D eigenvalue weighted by Gasteiger charge is -2.34. The zero-order valence-electron chi connectivity index (χ0n) is 9.12. The van der Waals surface area contributed by atoms with E-state index in [9.17, 15) is 9.90 Å². The van der Waals surface area contributed by atoms with E-state index in [1.807, 2.05) is 0 Å². The summed E-state index contributed by atoms with van der Waals surface area (Å²) >= 11 is 0. The Labute approximate surface area is 93.9 Å². The number of piperidine rings is 1. The number of hydrogen-bond acceptors (Lipinski definition) is 4. The van der Waals surface area contributed by atoms with Crippen LogP contribution in [0.3, 0.4) is 0 Å². The van der Waals surface area contributed by atoms with Crippen molar-refractivity contribution in [1.29, 1.82) is 0 Å². The Kier molecular flexibility index (Phi) is 3.51. The van der Waals surface area contributed by atoms with Crippen molar-refractivity contribution < 1.29 is 9.90 Å². The Hall–Kier alpha value is -1.43. The maximum absolute atomic E-state index is 12.0. The number of rotatable bonds is 3.